The summed E-state index contributed by atoms with van der Waals surface area (Å²) < 4.78 is 18.0. The molecule has 3 saturated carbocycles. The van der Waals surface area contributed by atoms with Crippen molar-refractivity contribution in [2.75, 3.05) is 18.6 Å². The van der Waals surface area contributed by atoms with Gasteiger partial charge >= 0.3 is 18.8 Å². The zero-order chi connectivity index (χ0) is 41.7. The van der Waals surface area contributed by atoms with E-state index in [-0.39, 0.29) is 49.0 Å². The molecule has 1 aliphatic heterocycles. The van der Waals surface area contributed by atoms with Gasteiger partial charge < -0.3 is 40.2 Å². The van der Waals surface area contributed by atoms with Crippen LogP contribution in [0.25, 0.3) is 27.1 Å². The average Bonchev–Trinajstić information content (AvgIpc) is 3.83. The van der Waals surface area contributed by atoms with E-state index in [4.69, 9.17) is 42.4 Å². The number of amides is 3. The SMILES string of the molecule is [C-]#[N+]COc1ccc2c(O[C@@H]3C[C@@H](C(=O)N[C@]4(C(=O)O)C[C@H]4C=C)N(C(=O)[C@@H](NC(=O)O[C@@H]4C[C@@H]5C[C@@H]5C4)C(C)(C)C)C3)cc(-c3csc(NC(C)C)n3)nc2c1Cl. The van der Waals surface area contributed by atoms with Crippen LogP contribution in [0.5, 0.6) is 11.5 Å². The second-order valence-electron chi connectivity index (χ2n) is 17.0. The van der Waals surface area contributed by atoms with E-state index in [2.05, 4.69) is 27.4 Å². The number of benzene rings is 1. The van der Waals surface area contributed by atoms with Crippen molar-refractivity contribution in [2.45, 2.75) is 103 Å². The summed E-state index contributed by atoms with van der Waals surface area (Å²) in [7, 11) is 0. The molecule has 17 heteroatoms. The van der Waals surface area contributed by atoms with Crippen LogP contribution in [0, 0.1) is 29.7 Å². The predicted molar refractivity (Wildman–Crippen MR) is 218 cm³/mol. The molecule has 0 bridgehead atoms. The summed E-state index contributed by atoms with van der Waals surface area (Å²) >= 11 is 8.25. The number of nitrogens with zero attached hydrogens (tertiary/aromatic N) is 4. The number of halogens is 1. The van der Waals surface area contributed by atoms with Gasteiger partial charge in [-0.25, -0.2) is 26.1 Å². The number of aromatic nitrogens is 2. The molecule has 3 aromatic rings. The minimum absolute atomic E-state index is 0.00354. The van der Waals surface area contributed by atoms with Crippen LogP contribution in [0.2, 0.25) is 5.02 Å². The van der Waals surface area contributed by atoms with Gasteiger partial charge in [-0.3, -0.25) is 14.4 Å². The Morgan fingerprint density at radius 3 is 2.50 bits per heavy atom. The Hall–Kier alpha value is -5.14. The first-order valence-electron chi connectivity index (χ1n) is 19.4. The number of nitrogens with one attached hydrogen (secondary N) is 3. The van der Waals surface area contributed by atoms with Crippen LogP contribution in [0.1, 0.15) is 66.7 Å². The number of ether oxygens (including phenoxy) is 3. The van der Waals surface area contributed by atoms with Gasteiger partial charge in [0, 0.05) is 35.2 Å². The molecule has 3 heterocycles. The monoisotopic (exact) mass is 833 g/mol. The molecule has 15 nitrogen and oxygen atoms in total. The Labute approximate surface area is 345 Å². The van der Waals surface area contributed by atoms with Crippen molar-refractivity contribution in [2.24, 2.45) is 23.2 Å². The molecule has 308 valence electrons. The molecule has 3 aliphatic carbocycles. The van der Waals surface area contributed by atoms with E-state index in [1.807, 2.05) is 40.0 Å². The number of anilines is 1. The molecule has 0 spiro atoms. The number of aliphatic carboxylic acids is 1. The smallest absolute Gasteiger partial charge is 0.408 e. The number of carbonyl (C=O) groups is 4. The maximum Gasteiger partial charge on any atom is 0.408 e. The highest BCUT2D eigenvalue weighted by atomic mass is 35.5. The molecular weight excluding hydrogens is 786 g/mol. The maximum absolute atomic E-state index is 14.7. The first kappa shape index (κ1) is 41.0. The maximum atomic E-state index is 14.7. The fourth-order valence-corrected chi connectivity index (χ4v) is 9.22. The average molecular weight is 834 g/mol. The molecule has 1 saturated heterocycles. The van der Waals surface area contributed by atoms with Crippen molar-refractivity contribution in [3.63, 3.8) is 0 Å². The van der Waals surface area contributed by atoms with Crippen molar-refractivity contribution in [3.8, 4) is 22.9 Å². The topological polar surface area (TPSA) is 186 Å². The summed E-state index contributed by atoms with van der Waals surface area (Å²) in [5, 5.41) is 22.1. The first-order chi connectivity index (χ1) is 27.5. The van der Waals surface area contributed by atoms with Gasteiger partial charge in [0.05, 0.1) is 17.8 Å². The number of rotatable bonds is 14. The third-order valence-electron chi connectivity index (χ3n) is 11.3. The summed E-state index contributed by atoms with van der Waals surface area (Å²) in [4.78, 5) is 68.7. The lowest BCUT2D eigenvalue weighted by Gasteiger charge is -2.35. The standard InChI is InChI=1S/C41H48ClN7O8S/c1-8-23-16-41(23,37(52)53)48-35(50)29-14-25(17-49(29)36(51)34(40(4,5)6)47-39(54)57-24-12-21-11-22(21)13-24)56-31-15-27(28-18-58-38(46-28)44-20(2)3)45-33-26(31)9-10-30(32(33)42)55-19-43-7/h8-10,15,18,20-25,29,34H,1,11-14,16-17,19H2,2-6H3,(H,44,46)(H,47,54)(H,48,50)(H,52,53)/t21-,22+,23-,24+,25-,29+,34-,41-/m1/s1. The van der Waals surface area contributed by atoms with Gasteiger partial charge in [-0.15, -0.1) is 17.9 Å². The van der Waals surface area contributed by atoms with Gasteiger partial charge in [0.2, 0.25) is 11.8 Å². The van der Waals surface area contributed by atoms with Crippen LogP contribution in [-0.2, 0) is 19.1 Å². The second kappa shape index (κ2) is 15.9. The lowest BCUT2D eigenvalue weighted by molar-refractivity contribution is -0.146. The first-order valence-corrected chi connectivity index (χ1v) is 20.7. The predicted octanol–water partition coefficient (Wildman–Crippen LogP) is 6.52. The van der Waals surface area contributed by atoms with Gasteiger partial charge in [0.15, 0.2) is 5.13 Å². The highest BCUT2D eigenvalue weighted by Crippen LogP contribution is 2.52. The minimum atomic E-state index is -1.54. The summed E-state index contributed by atoms with van der Waals surface area (Å²) in [6.07, 6.45) is 2.74. The summed E-state index contributed by atoms with van der Waals surface area (Å²) in [6.45, 7) is 20.0. The highest BCUT2D eigenvalue weighted by Gasteiger charge is 2.61. The molecule has 4 aliphatic rings. The van der Waals surface area contributed by atoms with E-state index in [0.717, 1.165) is 19.3 Å². The number of carboxylic acid groups (broad SMARTS) is 1. The highest BCUT2D eigenvalue weighted by molar-refractivity contribution is 7.14. The summed E-state index contributed by atoms with van der Waals surface area (Å²) in [6, 6.07) is 2.92. The van der Waals surface area contributed by atoms with E-state index in [1.54, 1.807) is 18.2 Å². The van der Waals surface area contributed by atoms with Crippen molar-refractivity contribution in [1.82, 2.24) is 25.5 Å². The zero-order valence-corrected chi connectivity index (χ0v) is 34.6. The molecule has 7 rings (SSSR count). The fourth-order valence-electron chi connectivity index (χ4n) is 8.10. The number of pyridine rings is 1. The fraction of sp³-hybridized carbons (Fsp3) is 0.537. The van der Waals surface area contributed by atoms with Crippen LogP contribution in [0.4, 0.5) is 9.93 Å². The molecule has 3 amide bonds. The molecule has 1 aromatic carbocycles. The van der Waals surface area contributed by atoms with Gasteiger partial charge in [0.25, 0.3) is 0 Å². The lowest BCUT2D eigenvalue weighted by Crippen LogP contribution is -2.59. The number of fused-ring (bicyclic) bond motifs is 2. The number of likely N-dealkylation sites (tertiary alicyclic amines) is 1. The molecule has 58 heavy (non-hydrogen) atoms. The molecule has 0 radical (unpaired) electrons. The van der Waals surface area contributed by atoms with Crippen LogP contribution < -0.4 is 25.4 Å². The lowest BCUT2D eigenvalue weighted by atomic mass is 9.85. The van der Waals surface area contributed by atoms with E-state index in [0.29, 0.717) is 45.0 Å². The molecule has 2 aromatic heterocycles. The molecule has 0 unspecified atom stereocenters. The van der Waals surface area contributed by atoms with Crippen molar-refractivity contribution >= 4 is 62.8 Å². The number of alkyl carbamates (subject to hydrolysis) is 1. The van der Waals surface area contributed by atoms with Crippen LogP contribution in [-0.4, -0.2) is 93.0 Å². The van der Waals surface area contributed by atoms with Gasteiger partial charge in [-0.05, 0) is 68.9 Å². The van der Waals surface area contributed by atoms with Crippen molar-refractivity contribution in [1.29, 1.82) is 0 Å². The van der Waals surface area contributed by atoms with E-state index in [1.165, 1.54) is 22.3 Å². The molecular formula is C41H48ClN7O8S. The number of thiazole rings is 1. The Morgan fingerprint density at radius 2 is 1.86 bits per heavy atom. The van der Waals surface area contributed by atoms with Crippen LogP contribution in [0.15, 0.2) is 36.2 Å². The quantitative estimate of drug-likeness (QED) is 0.102. The largest absolute Gasteiger partial charge is 0.488 e. The Bertz CT molecular complexity index is 2170. The minimum Gasteiger partial charge on any atom is -0.488 e. The van der Waals surface area contributed by atoms with E-state index in [9.17, 15) is 24.3 Å². The number of carboxylic acids is 1. The number of carbonyl (C=O) groups excluding carboxylic acids is 3. The number of hydrogen-bond donors (Lipinski definition) is 4. The normalized spacial score (nSPS) is 26.3. The Kier molecular flexibility index (Phi) is 11.2. The van der Waals surface area contributed by atoms with E-state index < -0.39 is 58.9 Å². The third-order valence-corrected chi connectivity index (χ3v) is 12.5. The van der Waals surface area contributed by atoms with Gasteiger partial charge in [-0.2, -0.15) is 0 Å². The van der Waals surface area contributed by atoms with Gasteiger partial charge in [-0.1, -0.05) is 38.4 Å². The summed E-state index contributed by atoms with van der Waals surface area (Å²) in [5.74, 6) is -1.11. The third kappa shape index (κ3) is 8.38. The van der Waals surface area contributed by atoms with Crippen molar-refractivity contribution in [3.05, 3.63) is 52.7 Å². The van der Waals surface area contributed by atoms with Gasteiger partial charge in [0.1, 0.15) is 52.0 Å². The van der Waals surface area contributed by atoms with Crippen molar-refractivity contribution < 1.29 is 38.5 Å². The molecule has 4 N–H and O–H groups in total. The molecule has 4 fully saturated rings. The zero-order valence-electron chi connectivity index (χ0n) is 33.0. The number of hydrogen-bond acceptors (Lipinski definition) is 11. The van der Waals surface area contributed by atoms with E-state index >= 15 is 0 Å². The van der Waals surface area contributed by atoms with Crippen LogP contribution >= 0.6 is 22.9 Å². The molecule has 8 atom stereocenters. The Balaban J connectivity index is 1.21. The summed E-state index contributed by atoms with van der Waals surface area (Å²) in [5.41, 5.74) is -1.05. The van der Waals surface area contributed by atoms with Crippen LogP contribution in [0.3, 0.4) is 0 Å². The second-order valence-corrected chi connectivity index (χ2v) is 18.3. The Morgan fingerprint density at radius 1 is 1.12 bits per heavy atom.